The lowest BCUT2D eigenvalue weighted by Crippen LogP contribution is -2.35. The molecule has 0 aliphatic carbocycles. The van der Waals surface area contributed by atoms with E-state index in [1.165, 1.54) is 0 Å². The fourth-order valence-electron chi connectivity index (χ4n) is 4.33. The number of benzene rings is 3. The summed E-state index contributed by atoms with van der Waals surface area (Å²) in [5.41, 5.74) is 4.95. The molecule has 1 heterocycles. The van der Waals surface area contributed by atoms with Crippen molar-refractivity contribution in [3.05, 3.63) is 99.5 Å². The molecule has 0 aromatic heterocycles. The van der Waals surface area contributed by atoms with Gasteiger partial charge in [0.2, 0.25) is 0 Å². The van der Waals surface area contributed by atoms with Crippen molar-refractivity contribution in [2.45, 2.75) is 25.9 Å². The summed E-state index contributed by atoms with van der Waals surface area (Å²) in [6, 6.07) is 21.7. The third-order valence-corrected chi connectivity index (χ3v) is 7.01. The van der Waals surface area contributed by atoms with Crippen molar-refractivity contribution in [3.63, 3.8) is 0 Å². The standard InChI is InChI=1S/C32H32BrNO5/c1-23-21-29(12-13-31(23)39-22-32(36)37)38-20-16-30(26-8-10-27(33)11-9-26)25-6-4-24(5-7-25)3-2-17-34-18-14-28(35)15-19-34/h4-13,16,21,28,35H,14-15,17-20,22H2,1H3,(H,36,37)/b30-16-. The second kappa shape index (κ2) is 14.0. The van der Waals surface area contributed by atoms with Crippen LogP contribution in [0.25, 0.3) is 5.57 Å². The van der Waals surface area contributed by atoms with Crippen LogP contribution in [-0.4, -0.2) is 60.0 Å². The minimum atomic E-state index is -1.01. The van der Waals surface area contributed by atoms with Crippen LogP contribution in [0.4, 0.5) is 0 Å². The summed E-state index contributed by atoms with van der Waals surface area (Å²) in [7, 11) is 0. The van der Waals surface area contributed by atoms with E-state index in [1.54, 1.807) is 12.1 Å². The van der Waals surface area contributed by atoms with Crippen LogP contribution >= 0.6 is 15.9 Å². The molecule has 6 nitrogen and oxygen atoms in total. The molecule has 39 heavy (non-hydrogen) atoms. The topological polar surface area (TPSA) is 79.2 Å². The van der Waals surface area contributed by atoms with E-state index in [0.717, 1.165) is 58.2 Å². The maximum atomic E-state index is 10.8. The van der Waals surface area contributed by atoms with E-state index >= 15 is 0 Å². The van der Waals surface area contributed by atoms with Crippen molar-refractivity contribution in [3.8, 4) is 23.3 Å². The van der Waals surface area contributed by atoms with Crippen LogP contribution in [-0.2, 0) is 4.79 Å². The first-order valence-corrected chi connectivity index (χ1v) is 13.7. The van der Waals surface area contributed by atoms with Crippen LogP contribution in [0.5, 0.6) is 11.5 Å². The SMILES string of the molecule is Cc1cc(OC/C=C(\c2ccc(Br)cc2)c2ccc(C#CCN3CCC(O)CC3)cc2)ccc1OCC(=O)O. The van der Waals surface area contributed by atoms with Gasteiger partial charge in [-0.15, -0.1) is 0 Å². The van der Waals surface area contributed by atoms with Crippen LogP contribution in [0.1, 0.15) is 35.1 Å². The average molecular weight is 591 g/mol. The Labute approximate surface area is 238 Å². The van der Waals surface area contributed by atoms with Gasteiger partial charge in [0.1, 0.15) is 18.1 Å². The number of rotatable bonds is 9. The number of aliphatic hydroxyl groups is 1. The molecule has 1 saturated heterocycles. The van der Waals surface area contributed by atoms with Gasteiger partial charge < -0.3 is 19.7 Å². The highest BCUT2D eigenvalue weighted by Gasteiger charge is 2.15. The Hall–Kier alpha value is -3.57. The van der Waals surface area contributed by atoms with Crippen molar-refractivity contribution >= 4 is 27.5 Å². The number of carbonyl (C=O) groups is 1. The molecular formula is C32H32BrNO5. The quantitative estimate of drug-likeness (QED) is 0.319. The Bertz CT molecular complexity index is 1350. The van der Waals surface area contributed by atoms with Gasteiger partial charge in [0, 0.05) is 23.1 Å². The lowest BCUT2D eigenvalue weighted by Gasteiger charge is -2.27. The van der Waals surface area contributed by atoms with Crippen molar-refractivity contribution in [1.82, 2.24) is 4.90 Å². The Morgan fingerprint density at radius 2 is 1.69 bits per heavy atom. The van der Waals surface area contributed by atoms with Crippen LogP contribution in [0.2, 0.25) is 0 Å². The Kier molecular flexibility index (Phi) is 10.2. The van der Waals surface area contributed by atoms with Crippen LogP contribution in [0.15, 0.2) is 77.3 Å². The van der Waals surface area contributed by atoms with E-state index in [4.69, 9.17) is 14.6 Å². The highest BCUT2D eigenvalue weighted by Crippen LogP contribution is 2.27. The van der Waals surface area contributed by atoms with E-state index in [9.17, 15) is 9.90 Å². The maximum Gasteiger partial charge on any atom is 0.341 e. The van der Waals surface area contributed by atoms with Gasteiger partial charge in [0.05, 0.1) is 12.6 Å². The number of halogens is 1. The van der Waals surface area contributed by atoms with Crippen molar-refractivity contribution in [2.24, 2.45) is 0 Å². The zero-order chi connectivity index (χ0) is 27.6. The molecule has 1 fully saturated rings. The molecular weight excluding hydrogens is 558 g/mol. The molecule has 1 aliphatic rings. The van der Waals surface area contributed by atoms with Gasteiger partial charge in [-0.25, -0.2) is 4.79 Å². The van der Waals surface area contributed by atoms with E-state index in [0.29, 0.717) is 24.7 Å². The van der Waals surface area contributed by atoms with E-state index in [1.807, 2.05) is 37.3 Å². The maximum absolute atomic E-state index is 10.8. The first-order valence-electron chi connectivity index (χ1n) is 12.9. The number of aryl methyl sites for hydroxylation is 1. The summed E-state index contributed by atoms with van der Waals surface area (Å²) in [4.78, 5) is 13.0. The summed E-state index contributed by atoms with van der Waals surface area (Å²) in [5, 5.41) is 18.5. The summed E-state index contributed by atoms with van der Waals surface area (Å²) in [5.74, 6) is 6.71. The molecule has 0 amide bonds. The van der Waals surface area contributed by atoms with Gasteiger partial charge in [-0.3, -0.25) is 4.90 Å². The van der Waals surface area contributed by atoms with Gasteiger partial charge in [-0.05, 0) is 90.6 Å². The fourth-order valence-corrected chi connectivity index (χ4v) is 4.59. The highest BCUT2D eigenvalue weighted by molar-refractivity contribution is 9.10. The average Bonchev–Trinajstić information content (AvgIpc) is 2.93. The Morgan fingerprint density at radius 3 is 2.33 bits per heavy atom. The summed E-state index contributed by atoms with van der Waals surface area (Å²) in [6.07, 6.45) is 3.52. The Morgan fingerprint density at radius 1 is 1.03 bits per heavy atom. The molecule has 3 aromatic rings. The second-order valence-electron chi connectivity index (χ2n) is 9.43. The molecule has 1 aliphatic heterocycles. The van der Waals surface area contributed by atoms with E-state index in [2.05, 4.69) is 63.0 Å². The summed E-state index contributed by atoms with van der Waals surface area (Å²) < 4.78 is 12.3. The minimum absolute atomic E-state index is 0.171. The molecule has 202 valence electrons. The summed E-state index contributed by atoms with van der Waals surface area (Å²) in [6.45, 7) is 4.32. The monoisotopic (exact) mass is 589 g/mol. The number of aliphatic carboxylic acids is 1. The van der Waals surface area contributed by atoms with Gasteiger partial charge in [-0.1, -0.05) is 52.0 Å². The van der Waals surface area contributed by atoms with E-state index in [-0.39, 0.29) is 12.7 Å². The smallest absolute Gasteiger partial charge is 0.341 e. The molecule has 0 radical (unpaired) electrons. The fraction of sp³-hybridized carbons (Fsp3) is 0.281. The van der Waals surface area contributed by atoms with Crippen molar-refractivity contribution in [2.75, 3.05) is 32.8 Å². The molecule has 0 saturated carbocycles. The lowest BCUT2D eigenvalue weighted by molar-refractivity contribution is -0.139. The van der Waals surface area contributed by atoms with Crippen molar-refractivity contribution in [1.29, 1.82) is 0 Å². The van der Waals surface area contributed by atoms with Gasteiger partial charge in [0.25, 0.3) is 0 Å². The number of carboxylic acids is 1. The third-order valence-electron chi connectivity index (χ3n) is 6.48. The zero-order valence-electron chi connectivity index (χ0n) is 21.9. The summed E-state index contributed by atoms with van der Waals surface area (Å²) >= 11 is 3.51. The zero-order valence-corrected chi connectivity index (χ0v) is 23.5. The number of carboxylic acid groups (broad SMARTS) is 1. The molecule has 0 atom stereocenters. The molecule has 3 aromatic carbocycles. The minimum Gasteiger partial charge on any atom is -0.489 e. The first kappa shape index (κ1) is 28.4. The number of nitrogens with zero attached hydrogens (tertiary/aromatic N) is 1. The van der Waals surface area contributed by atoms with Crippen LogP contribution in [0.3, 0.4) is 0 Å². The van der Waals surface area contributed by atoms with Crippen LogP contribution < -0.4 is 9.47 Å². The van der Waals surface area contributed by atoms with Gasteiger partial charge in [0.15, 0.2) is 6.61 Å². The molecule has 4 rings (SSSR count). The van der Waals surface area contributed by atoms with Crippen LogP contribution in [0, 0.1) is 18.8 Å². The predicted octanol–water partition coefficient (Wildman–Crippen LogP) is 5.54. The number of piperidine rings is 1. The predicted molar refractivity (Wildman–Crippen MR) is 156 cm³/mol. The van der Waals surface area contributed by atoms with Gasteiger partial charge >= 0.3 is 5.97 Å². The highest BCUT2D eigenvalue weighted by atomic mass is 79.9. The largest absolute Gasteiger partial charge is 0.489 e. The number of ether oxygens (including phenoxy) is 2. The normalized spacial score (nSPS) is 14.4. The second-order valence-corrected chi connectivity index (χ2v) is 10.3. The molecule has 0 unspecified atom stereocenters. The lowest BCUT2D eigenvalue weighted by atomic mass is 9.97. The van der Waals surface area contributed by atoms with Gasteiger partial charge in [-0.2, -0.15) is 0 Å². The number of hydrogen-bond acceptors (Lipinski definition) is 5. The molecule has 0 spiro atoms. The molecule has 0 bridgehead atoms. The molecule has 7 heteroatoms. The number of likely N-dealkylation sites (tertiary alicyclic amines) is 1. The number of aliphatic hydroxyl groups excluding tert-OH is 1. The van der Waals surface area contributed by atoms with E-state index < -0.39 is 5.97 Å². The first-order chi connectivity index (χ1) is 18.9. The third kappa shape index (κ3) is 8.72. The van der Waals surface area contributed by atoms with Crippen molar-refractivity contribution < 1.29 is 24.5 Å². The number of hydrogen-bond donors (Lipinski definition) is 2. The Balaban J connectivity index is 1.45. The molecule has 2 N–H and O–H groups in total.